The lowest BCUT2D eigenvalue weighted by molar-refractivity contribution is -0.203. The molecule has 2 aromatic rings. The Morgan fingerprint density at radius 2 is 1.80 bits per heavy atom. The van der Waals surface area contributed by atoms with E-state index in [0.29, 0.717) is 67.2 Å². The highest BCUT2D eigenvalue weighted by Gasteiger charge is 2.56. The number of aryl methyl sites for hydroxylation is 1. The minimum Gasteiger partial charge on any atom is -0.508 e. The summed E-state index contributed by atoms with van der Waals surface area (Å²) in [4.78, 5) is 15.2. The Hall–Kier alpha value is -2.71. The van der Waals surface area contributed by atoms with Crippen LogP contribution >= 0.6 is 0 Å². The summed E-state index contributed by atoms with van der Waals surface area (Å²) in [6, 6.07) is 13.4. The van der Waals surface area contributed by atoms with E-state index in [1.807, 2.05) is 43.3 Å². The molecule has 2 bridgehead atoms. The Balaban J connectivity index is 1.34. The van der Waals surface area contributed by atoms with Gasteiger partial charge in [-0.1, -0.05) is 77.9 Å². The van der Waals surface area contributed by atoms with Crippen molar-refractivity contribution >= 4 is 16.0 Å². The van der Waals surface area contributed by atoms with E-state index in [4.69, 9.17) is 0 Å². The summed E-state index contributed by atoms with van der Waals surface area (Å²) in [5, 5.41) is 14.7. The van der Waals surface area contributed by atoms with Gasteiger partial charge in [-0.3, -0.25) is 9.80 Å². The number of alkyl halides is 3. The van der Waals surface area contributed by atoms with Crippen LogP contribution in [0, 0.1) is 35.5 Å². The number of sulfonamides is 1. The lowest BCUT2D eigenvalue weighted by Crippen LogP contribution is -2.60. The fraction of sp³-hybridized carbons (Fsp3) is 0.683. The quantitative estimate of drug-likeness (QED) is 0.146. The molecule has 3 saturated carbocycles. The molecule has 54 heavy (non-hydrogen) atoms. The van der Waals surface area contributed by atoms with Gasteiger partial charge in [-0.2, -0.15) is 17.5 Å². The van der Waals surface area contributed by atoms with Gasteiger partial charge in [0.25, 0.3) is 0 Å². The molecule has 6 rings (SSSR count). The van der Waals surface area contributed by atoms with Gasteiger partial charge in [-0.25, -0.2) is 13.2 Å². The molecule has 0 spiro atoms. The van der Waals surface area contributed by atoms with E-state index < -0.39 is 28.9 Å². The maximum absolute atomic E-state index is 13.4. The molecule has 2 aromatic carbocycles. The third-order valence-corrected chi connectivity index (χ3v) is 14.2. The summed E-state index contributed by atoms with van der Waals surface area (Å²) >= 11 is 0. The number of carbonyl (C=O) groups excluding carboxylic acids is 1. The van der Waals surface area contributed by atoms with E-state index in [1.54, 1.807) is 22.3 Å². The van der Waals surface area contributed by atoms with Crippen LogP contribution in [0.4, 0.5) is 13.2 Å². The third kappa shape index (κ3) is 10.4. The second-order valence-corrected chi connectivity index (χ2v) is 20.2. The lowest BCUT2D eigenvalue weighted by atomic mass is 9.45. The number of phenolic OH excluding ortho intramolecular Hbond substituents is 1. The van der Waals surface area contributed by atoms with Crippen LogP contribution in [0.1, 0.15) is 89.5 Å². The summed E-state index contributed by atoms with van der Waals surface area (Å²) < 4.78 is 71.7. The summed E-state index contributed by atoms with van der Waals surface area (Å²) in [6.07, 6.45) is -1.42. The van der Waals surface area contributed by atoms with Crippen molar-refractivity contribution in [2.24, 2.45) is 28.6 Å². The number of fused-ring (bicyclic) bond motifs is 2. The molecule has 13 heteroatoms. The highest BCUT2D eigenvalue weighted by atomic mass is 32.2. The molecule has 4 fully saturated rings. The van der Waals surface area contributed by atoms with Crippen molar-refractivity contribution in [2.75, 3.05) is 32.6 Å². The number of likely N-dealkylation sites (N-methyl/N-ethyl adjacent to an activating group) is 1. The largest absolute Gasteiger partial charge is 0.508 e. The molecule has 6 atom stereocenters. The Bertz CT molecular complexity index is 1730. The molecule has 9 nitrogen and oxygen atoms in total. The molecular weight excluding hydrogens is 718 g/mol. The van der Waals surface area contributed by atoms with Crippen molar-refractivity contribution in [3.63, 3.8) is 0 Å². The van der Waals surface area contributed by atoms with E-state index in [9.17, 15) is 31.5 Å². The Labute approximate surface area is 320 Å². The minimum absolute atomic E-state index is 0.128. The molecule has 6 unspecified atom stereocenters. The van der Waals surface area contributed by atoms with Crippen molar-refractivity contribution in [3.05, 3.63) is 64.7 Å². The van der Waals surface area contributed by atoms with Crippen molar-refractivity contribution in [2.45, 2.75) is 118 Å². The molecule has 4 aliphatic rings. The van der Waals surface area contributed by atoms with Crippen LogP contribution in [-0.2, 0) is 39.2 Å². The number of phenols is 1. The van der Waals surface area contributed by atoms with Gasteiger partial charge in [0, 0.05) is 56.4 Å². The molecule has 0 aromatic heterocycles. The first-order valence-corrected chi connectivity index (χ1v) is 20.9. The summed E-state index contributed by atoms with van der Waals surface area (Å²) in [7, 11) is -1.82. The molecular formula is C41H61F3N4O5S. The SMILES string of the molecule is Cc1ccc(CN(Cc2cccc(CN3C(CNC4CC5CC(C4C)C5(C)C)CCS3(=O)=O)c2)C(CN(C)COC(=O)C(F)(F)F)CC(C)(C)C)c(O)c1. The van der Waals surface area contributed by atoms with Crippen LogP contribution in [0.2, 0.25) is 0 Å². The molecule has 1 saturated heterocycles. The number of nitrogens with one attached hydrogen (secondary N) is 1. The fourth-order valence-electron chi connectivity index (χ4n) is 9.17. The first kappa shape index (κ1) is 42.4. The summed E-state index contributed by atoms with van der Waals surface area (Å²) in [6.45, 7) is 16.7. The topological polar surface area (TPSA) is 102 Å². The smallest absolute Gasteiger partial charge is 0.490 e. The Morgan fingerprint density at radius 3 is 2.43 bits per heavy atom. The maximum Gasteiger partial charge on any atom is 0.490 e. The van der Waals surface area contributed by atoms with Gasteiger partial charge in [0.15, 0.2) is 0 Å². The zero-order valence-electron chi connectivity index (χ0n) is 33.2. The van der Waals surface area contributed by atoms with Gasteiger partial charge in [0.2, 0.25) is 10.0 Å². The molecule has 302 valence electrons. The van der Waals surface area contributed by atoms with Crippen LogP contribution in [0.15, 0.2) is 42.5 Å². The number of rotatable bonds is 15. The van der Waals surface area contributed by atoms with Crippen LogP contribution in [-0.4, -0.2) is 90.5 Å². The van der Waals surface area contributed by atoms with Gasteiger partial charge in [0.1, 0.15) is 12.5 Å². The van der Waals surface area contributed by atoms with Gasteiger partial charge in [0.05, 0.1) is 5.75 Å². The number of benzene rings is 2. The third-order valence-electron chi connectivity index (χ3n) is 12.3. The van der Waals surface area contributed by atoms with E-state index in [1.165, 1.54) is 6.42 Å². The molecule has 1 heterocycles. The average Bonchev–Trinajstić information content (AvgIpc) is 3.34. The van der Waals surface area contributed by atoms with Gasteiger partial charge < -0.3 is 15.2 Å². The second kappa shape index (κ2) is 16.4. The van der Waals surface area contributed by atoms with E-state index in [2.05, 4.69) is 56.5 Å². The molecule has 2 N–H and O–H groups in total. The first-order chi connectivity index (χ1) is 25.0. The number of nitrogens with zero attached hydrogens (tertiary/aromatic N) is 3. The first-order valence-electron chi connectivity index (χ1n) is 19.3. The number of hydrogen-bond acceptors (Lipinski definition) is 8. The molecule has 1 aliphatic heterocycles. The number of aromatic hydroxyl groups is 1. The van der Waals surface area contributed by atoms with Crippen LogP contribution < -0.4 is 5.32 Å². The van der Waals surface area contributed by atoms with Crippen molar-refractivity contribution in [1.29, 1.82) is 0 Å². The second-order valence-electron chi connectivity index (χ2n) is 18.1. The van der Waals surface area contributed by atoms with Gasteiger partial charge in [-0.05, 0) is 91.0 Å². The maximum atomic E-state index is 13.4. The van der Waals surface area contributed by atoms with Crippen molar-refractivity contribution in [3.8, 4) is 5.75 Å². The molecule has 0 amide bonds. The monoisotopic (exact) mass is 778 g/mol. The summed E-state index contributed by atoms with van der Waals surface area (Å²) in [5.41, 5.74) is 3.63. The minimum atomic E-state index is -5.08. The number of hydrogen-bond donors (Lipinski definition) is 2. The van der Waals surface area contributed by atoms with E-state index in [0.717, 1.165) is 23.1 Å². The number of ether oxygens (including phenoxy) is 1. The number of esters is 1. The number of carbonyl (C=O) groups is 1. The van der Waals surface area contributed by atoms with Crippen LogP contribution in [0.5, 0.6) is 5.75 Å². The number of halogens is 3. The highest BCUT2D eigenvalue weighted by Crippen LogP contribution is 2.61. The van der Waals surface area contributed by atoms with Crippen molar-refractivity contribution < 1.29 is 36.2 Å². The zero-order valence-corrected chi connectivity index (χ0v) is 34.1. The zero-order chi connectivity index (χ0) is 39.8. The lowest BCUT2D eigenvalue weighted by Gasteiger charge is -2.62. The highest BCUT2D eigenvalue weighted by molar-refractivity contribution is 7.89. The Kier molecular flexibility index (Phi) is 12.9. The standard InChI is InChI=1S/C41H61F3N4O5S/c1-27-12-13-31(37(49)16-27)24-47(34(20-39(3,4)5)25-46(8)26-53-38(50)41(42,43)44)22-29-10-9-11-30(17-29)23-48-33(14-15-54(48,51)52)21-45-36-19-32-18-35(28(36)2)40(32,6)7/h9-13,16-17,28,32-36,45,49H,14-15,18-26H2,1-8H3. The fourth-order valence-corrected chi connectivity index (χ4v) is 11.0. The molecule has 0 radical (unpaired) electrons. The predicted octanol–water partition coefficient (Wildman–Crippen LogP) is 7.07. The molecule has 3 aliphatic carbocycles. The van der Waals surface area contributed by atoms with Gasteiger partial charge in [-0.15, -0.1) is 0 Å². The van der Waals surface area contributed by atoms with E-state index in [-0.39, 0.29) is 42.1 Å². The average molecular weight is 779 g/mol. The Morgan fingerprint density at radius 1 is 1.09 bits per heavy atom. The van der Waals surface area contributed by atoms with Gasteiger partial charge >= 0.3 is 12.1 Å². The summed E-state index contributed by atoms with van der Waals surface area (Å²) in [5.74, 6) is 0.0118. The van der Waals surface area contributed by atoms with Crippen molar-refractivity contribution in [1.82, 2.24) is 19.4 Å². The van der Waals surface area contributed by atoms with Crippen LogP contribution in [0.3, 0.4) is 0 Å². The predicted molar refractivity (Wildman–Crippen MR) is 205 cm³/mol. The normalized spacial score (nSPS) is 25.8. The van der Waals surface area contributed by atoms with E-state index >= 15 is 0 Å². The van der Waals surface area contributed by atoms with Crippen LogP contribution in [0.25, 0.3) is 0 Å².